The lowest BCUT2D eigenvalue weighted by atomic mass is 10.1. The summed E-state index contributed by atoms with van der Waals surface area (Å²) in [5.74, 6) is -0.719. The highest BCUT2D eigenvalue weighted by atomic mass is 19.3. The van der Waals surface area contributed by atoms with Crippen LogP contribution in [0.2, 0.25) is 0 Å². The quantitative estimate of drug-likeness (QED) is 0.780. The predicted molar refractivity (Wildman–Crippen MR) is 57.0 cm³/mol. The van der Waals surface area contributed by atoms with Crippen molar-refractivity contribution >= 4 is 5.97 Å². The molecule has 0 aromatic heterocycles. The zero-order valence-electron chi connectivity index (χ0n) is 9.69. The standard InChI is InChI=1S/C12H12F2O4/c1-2-8-3-5-9(6-4-8)11(15)17-10-7-16-12(13,14)18-10/h3-6,10H,2,7H2,1H3. The summed E-state index contributed by atoms with van der Waals surface area (Å²) in [6.45, 7) is 1.50. The smallest absolute Gasteiger partial charge is 0.429 e. The lowest BCUT2D eigenvalue weighted by Gasteiger charge is -2.10. The number of rotatable bonds is 3. The molecule has 1 atom stereocenters. The first kappa shape index (κ1) is 12.9. The Kier molecular flexibility index (Phi) is 3.58. The number of aryl methyl sites for hydroxylation is 1. The molecule has 1 unspecified atom stereocenters. The number of halogens is 2. The van der Waals surface area contributed by atoms with Crippen molar-refractivity contribution in [2.24, 2.45) is 0 Å². The zero-order valence-corrected chi connectivity index (χ0v) is 9.69. The maximum atomic E-state index is 12.5. The van der Waals surface area contributed by atoms with Gasteiger partial charge in [0, 0.05) is 0 Å². The molecule has 18 heavy (non-hydrogen) atoms. The molecule has 1 heterocycles. The van der Waals surface area contributed by atoms with Gasteiger partial charge in [-0.2, -0.15) is 0 Å². The van der Waals surface area contributed by atoms with Crippen molar-refractivity contribution < 1.29 is 27.8 Å². The molecule has 1 aromatic carbocycles. The van der Waals surface area contributed by atoms with Gasteiger partial charge in [-0.1, -0.05) is 19.1 Å². The Balaban J connectivity index is 1.95. The van der Waals surface area contributed by atoms with E-state index in [4.69, 9.17) is 4.74 Å². The van der Waals surface area contributed by atoms with Gasteiger partial charge in [0.15, 0.2) is 0 Å². The summed E-state index contributed by atoms with van der Waals surface area (Å²) >= 11 is 0. The summed E-state index contributed by atoms with van der Waals surface area (Å²) in [4.78, 5) is 11.6. The van der Waals surface area contributed by atoms with Crippen LogP contribution in [0.1, 0.15) is 22.8 Å². The Labute approximate surface area is 102 Å². The van der Waals surface area contributed by atoms with Crippen LogP contribution in [0.4, 0.5) is 8.78 Å². The van der Waals surface area contributed by atoms with E-state index >= 15 is 0 Å². The van der Waals surface area contributed by atoms with Gasteiger partial charge < -0.3 is 4.74 Å². The lowest BCUT2D eigenvalue weighted by Crippen LogP contribution is -2.23. The second kappa shape index (κ2) is 4.99. The molecule has 0 aliphatic carbocycles. The molecule has 0 bridgehead atoms. The van der Waals surface area contributed by atoms with Crippen LogP contribution in [0, 0.1) is 0 Å². The fourth-order valence-corrected chi connectivity index (χ4v) is 1.51. The molecule has 2 rings (SSSR count). The van der Waals surface area contributed by atoms with Gasteiger partial charge in [0.2, 0.25) is 6.29 Å². The van der Waals surface area contributed by atoms with Gasteiger partial charge >= 0.3 is 12.3 Å². The van der Waals surface area contributed by atoms with Crippen LogP contribution in [0.3, 0.4) is 0 Å². The minimum atomic E-state index is -3.68. The molecule has 0 N–H and O–H groups in total. The van der Waals surface area contributed by atoms with Crippen molar-refractivity contribution in [1.29, 1.82) is 0 Å². The predicted octanol–water partition coefficient (Wildman–Crippen LogP) is 2.33. The third kappa shape index (κ3) is 3.02. The van der Waals surface area contributed by atoms with E-state index < -0.39 is 25.2 Å². The van der Waals surface area contributed by atoms with Crippen LogP contribution in [0.25, 0.3) is 0 Å². The highest BCUT2D eigenvalue weighted by molar-refractivity contribution is 5.89. The molecule has 6 heteroatoms. The number of esters is 1. The summed E-state index contributed by atoms with van der Waals surface area (Å²) in [5, 5.41) is 0. The summed E-state index contributed by atoms with van der Waals surface area (Å²) in [7, 11) is 0. The van der Waals surface area contributed by atoms with Gasteiger partial charge in [0.25, 0.3) is 0 Å². The second-order valence-electron chi connectivity index (χ2n) is 3.78. The average molecular weight is 258 g/mol. The normalized spacial score (nSPS) is 21.8. The molecule has 0 saturated carbocycles. The van der Waals surface area contributed by atoms with Crippen LogP contribution in [-0.4, -0.2) is 25.2 Å². The van der Waals surface area contributed by atoms with Crippen molar-refractivity contribution in [3.63, 3.8) is 0 Å². The van der Waals surface area contributed by atoms with Crippen molar-refractivity contribution in [3.8, 4) is 0 Å². The second-order valence-corrected chi connectivity index (χ2v) is 3.78. The average Bonchev–Trinajstić information content (AvgIpc) is 2.68. The number of alkyl halides is 2. The molecule has 1 aliphatic heterocycles. The number of hydrogen-bond donors (Lipinski definition) is 0. The molecule has 0 amide bonds. The number of benzene rings is 1. The van der Waals surface area contributed by atoms with Gasteiger partial charge in [-0.15, -0.1) is 8.78 Å². The van der Waals surface area contributed by atoms with Gasteiger partial charge in [0.05, 0.1) is 5.56 Å². The van der Waals surface area contributed by atoms with E-state index in [9.17, 15) is 13.6 Å². The van der Waals surface area contributed by atoms with Gasteiger partial charge in [-0.3, -0.25) is 9.47 Å². The van der Waals surface area contributed by atoms with Crippen LogP contribution in [0.5, 0.6) is 0 Å². The molecule has 1 aliphatic rings. The molecule has 0 spiro atoms. The van der Waals surface area contributed by atoms with E-state index in [0.717, 1.165) is 12.0 Å². The van der Waals surface area contributed by atoms with Crippen molar-refractivity contribution in [2.75, 3.05) is 6.61 Å². The number of ether oxygens (including phenoxy) is 3. The monoisotopic (exact) mass is 258 g/mol. The van der Waals surface area contributed by atoms with Gasteiger partial charge in [-0.25, -0.2) is 4.79 Å². The maximum absolute atomic E-state index is 12.5. The third-order valence-electron chi connectivity index (χ3n) is 2.49. The highest BCUT2D eigenvalue weighted by Crippen LogP contribution is 2.27. The molecule has 1 aromatic rings. The summed E-state index contributed by atoms with van der Waals surface area (Å²) in [5.41, 5.74) is 1.35. The van der Waals surface area contributed by atoms with Gasteiger partial charge in [-0.05, 0) is 24.1 Å². The Bertz CT molecular complexity index is 430. The summed E-state index contributed by atoms with van der Waals surface area (Å²) in [6.07, 6.45) is -4.21. The van der Waals surface area contributed by atoms with Crippen LogP contribution in [0.15, 0.2) is 24.3 Å². The number of hydrogen-bond acceptors (Lipinski definition) is 4. The highest BCUT2D eigenvalue weighted by Gasteiger charge is 2.44. The van der Waals surface area contributed by atoms with E-state index in [1.54, 1.807) is 24.3 Å². The first-order chi connectivity index (χ1) is 8.50. The van der Waals surface area contributed by atoms with Crippen molar-refractivity contribution in [3.05, 3.63) is 35.4 Å². The summed E-state index contributed by atoms with van der Waals surface area (Å²) in [6, 6.07) is 6.71. The molecule has 1 fully saturated rings. The van der Waals surface area contributed by atoms with Crippen molar-refractivity contribution in [2.45, 2.75) is 25.9 Å². The minimum Gasteiger partial charge on any atom is -0.429 e. The molecule has 4 nitrogen and oxygen atoms in total. The lowest BCUT2D eigenvalue weighted by molar-refractivity contribution is -0.357. The van der Waals surface area contributed by atoms with Crippen LogP contribution >= 0.6 is 0 Å². The fourth-order valence-electron chi connectivity index (χ4n) is 1.51. The van der Waals surface area contributed by atoms with E-state index in [1.807, 2.05) is 6.92 Å². The first-order valence-corrected chi connectivity index (χ1v) is 5.49. The maximum Gasteiger partial charge on any atom is 0.488 e. The number of carbonyl (C=O) groups excluding carboxylic acids is 1. The molecule has 98 valence electrons. The van der Waals surface area contributed by atoms with Gasteiger partial charge in [0.1, 0.15) is 6.61 Å². The Morgan fingerprint density at radius 1 is 1.44 bits per heavy atom. The fraction of sp³-hybridized carbons (Fsp3) is 0.417. The van der Waals surface area contributed by atoms with Crippen molar-refractivity contribution in [1.82, 2.24) is 0 Å². The largest absolute Gasteiger partial charge is 0.488 e. The SMILES string of the molecule is CCc1ccc(C(=O)OC2COC(F)(F)O2)cc1. The third-order valence-corrected chi connectivity index (χ3v) is 2.49. The zero-order chi connectivity index (χ0) is 13.2. The number of carbonyl (C=O) groups is 1. The van der Waals surface area contributed by atoms with E-state index in [-0.39, 0.29) is 5.56 Å². The van der Waals surface area contributed by atoms with Crippen LogP contribution in [-0.2, 0) is 20.6 Å². The van der Waals surface area contributed by atoms with E-state index in [0.29, 0.717) is 0 Å². The summed E-state index contributed by atoms with van der Waals surface area (Å²) < 4.78 is 37.8. The molecule has 1 saturated heterocycles. The Morgan fingerprint density at radius 3 is 2.61 bits per heavy atom. The molecule has 0 radical (unpaired) electrons. The molecular weight excluding hydrogens is 246 g/mol. The van der Waals surface area contributed by atoms with E-state index in [2.05, 4.69) is 9.47 Å². The Morgan fingerprint density at radius 2 is 2.11 bits per heavy atom. The Hall–Kier alpha value is -1.53. The first-order valence-electron chi connectivity index (χ1n) is 5.49. The molecular formula is C12H12F2O4. The van der Waals surface area contributed by atoms with Crippen LogP contribution < -0.4 is 0 Å². The topological polar surface area (TPSA) is 44.8 Å². The van der Waals surface area contributed by atoms with E-state index in [1.165, 1.54) is 0 Å². The minimum absolute atomic E-state index is 0.283.